The van der Waals surface area contributed by atoms with Gasteiger partial charge in [-0.05, 0) is 19.1 Å². The summed E-state index contributed by atoms with van der Waals surface area (Å²) in [6.07, 6.45) is 0. The molecule has 1 N–H and O–H groups in total. The lowest BCUT2D eigenvalue weighted by molar-refractivity contribution is -0.122. The molecule has 1 aromatic carbocycles. The molecule has 8 heteroatoms. The number of amides is 1. The summed E-state index contributed by atoms with van der Waals surface area (Å²) >= 11 is 0. The molecule has 2 heterocycles. The van der Waals surface area contributed by atoms with Crippen LogP contribution in [0.15, 0.2) is 34.9 Å². The molecule has 8 nitrogen and oxygen atoms in total. The highest BCUT2D eigenvalue weighted by molar-refractivity contribution is 5.78. The van der Waals surface area contributed by atoms with Gasteiger partial charge in [-0.2, -0.15) is 4.98 Å². The van der Waals surface area contributed by atoms with Crippen LogP contribution in [0.4, 0.5) is 0 Å². The van der Waals surface area contributed by atoms with Crippen molar-refractivity contribution in [1.29, 1.82) is 0 Å². The van der Waals surface area contributed by atoms with Crippen LogP contribution in [0.1, 0.15) is 11.7 Å². The average molecular weight is 359 g/mol. The summed E-state index contributed by atoms with van der Waals surface area (Å²) in [7, 11) is 0. The van der Waals surface area contributed by atoms with E-state index in [0.29, 0.717) is 38.0 Å². The molecule has 0 unspecified atom stereocenters. The SMILES string of the molecule is Cc1noc(CN2CCN(CC(=O)NCCOc3ccccc3)CC2)n1. The molecule has 1 aliphatic heterocycles. The summed E-state index contributed by atoms with van der Waals surface area (Å²) in [5, 5.41) is 6.71. The maximum Gasteiger partial charge on any atom is 0.240 e. The molecule has 0 bridgehead atoms. The van der Waals surface area contributed by atoms with E-state index < -0.39 is 0 Å². The van der Waals surface area contributed by atoms with Gasteiger partial charge >= 0.3 is 0 Å². The van der Waals surface area contributed by atoms with Crippen molar-refractivity contribution < 1.29 is 14.1 Å². The predicted octanol–water partition coefficient (Wildman–Crippen LogP) is 0.691. The number of ether oxygens (including phenoxy) is 1. The summed E-state index contributed by atoms with van der Waals surface area (Å²) in [5.41, 5.74) is 0. The van der Waals surface area contributed by atoms with E-state index in [9.17, 15) is 4.79 Å². The third kappa shape index (κ3) is 5.82. The normalized spacial score (nSPS) is 15.7. The first-order valence-electron chi connectivity index (χ1n) is 8.87. The van der Waals surface area contributed by atoms with E-state index in [1.807, 2.05) is 37.3 Å². The molecule has 1 aliphatic rings. The van der Waals surface area contributed by atoms with Crippen LogP contribution in [0.3, 0.4) is 0 Å². The van der Waals surface area contributed by atoms with Crippen LogP contribution in [0, 0.1) is 6.92 Å². The van der Waals surface area contributed by atoms with Gasteiger partial charge in [0, 0.05) is 26.2 Å². The standard InChI is InChI=1S/C18H25N5O3/c1-15-20-18(26-21-15)14-23-10-8-22(9-11-23)13-17(24)19-7-12-25-16-5-3-2-4-6-16/h2-6H,7-14H2,1H3,(H,19,24). The number of piperazine rings is 1. The lowest BCUT2D eigenvalue weighted by Gasteiger charge is -2.33. The zero-order chi connectivity index (χ0) is 18.2. The van der Waals surface area contributed by atoms with Gasteiger partial charge in [-0.15, -0.1) is 0 Å². The molecule has 26 heavy (non-hydrogen) atoms. The van der Waals surface area contributed by atoms with E-state index >= 15 is 0 Å². The largest absolute Gasteiger partial charge is 0.492 e. The van der Waals surface area contributed by atoms with E-state index in [1.165, 1.54) is 0 Å². The fraction of sp³-hybridized carbons (Fsp3) is 0.500. The first-order chi connectivity index (χ1) is 12.7. The van der Waals surface area contributed by atoms with Crippen LogP contribution in [0.2, 0.25) is 0 Å². The van der Waals surface area contributed by atoms with Crippen LogP contribution < -0.4 is 10.1 Å². The first kappa shape index (κ1) is 18.3. The van der Waals surface area contributed by atoms with E-state index in [4.69, 9.17) is 9.26 Å². The van der Waals surface area contributed by atoms with E-state index in [0.717, 1.165) is 31.9 Å². The van der Waals surface area contributed by atoms with Gasteiger partial charge in [-0.25, -0.2) is 0 Å². The molecule has 1 saturated heterocycles. The summed E-state index contributed by atoms with van der Waals surface area (Å²) < 4.78 is 10.7. The smallest absolute Gasteiger partial charge is 0.240 e. The van der Waals surface area contributed by atoms with Gasteiger partial charge in [0.1, 0.15) is 12.4 Å². The maximum atomic E-state index is 12.0. The topological polar surface area (TPSA) is 83.7 Å². The van der Waals surface area contributed by atoms with Crippen molar-refractivity contribution in [2.75, 3.05) is 45.9 Å². The molecule has 1 fully saturated rings. The number of hydrogen-bond acceptors (Lipinski definition) is 7. The second kappa shape index (κ2) is 9.30. The maximum absolute atomic E-state index is 12.0. The molecule has 3 rings (SSSR count). The molecule has 1 amide bonds. The van der Waals surface area contributed by atoms with Crippen molar-refractivity contribution in [2.24, 2.45) is 0 Å². The van der Waals surface area contributed by atoms with Crippen LogP contribution in [0.5, 0.6) is 5.75 Å². The molecule has 0 aliphatic carbocycles. The highest BCUT2D eigenvalue weighted by Gasteiger charge is 2.20. The Morgan fingerprint density at radius 1 is 1.19 bits per heavy atom. The lowest BCUT2D eigenvalue weighted by Crippen LogP contribution is -2.49. The number of carbonyl (C=O) groups excluding carboxylic acids is 1. The Balaban J connectivity index is 1.28. The first-order valence-corrected chi connectivity index (χ1v) is 8.87. The third-order valence-corrected chi connectivity index (χ3v) is 4.20. The zero-order valence-electron chi connectivity index (χ0n) is 15.1. The Hall–Kier alpha value is -2.45. The van der Waals surface area contributed by atoms with Crippen molar-refractivity contribution >= 4 is 5.91 Å². The van der Waals surface area contributed by atoms with Crippen LogP contribution in [0.25, 0.3) is 0 Å². The summed E-state index contributed by atoms with van der Waals surface area (Å²) in [6.45, 7) is 7.32. The van der Waals surface area contributed by atoms with E-state index in [-0.39, 0.29) is 5.91 Å². The molecule has 0 atom stereocenters. The molecule has 0 spiro atoms. The quantitative estimate of drug-likeness (QED) is 0.694. The number of carbonyl (C=O) groups is 1. The van der Waals surface area contributed by atoms with Crippen molar-refractivity contribution in [2.45, 2.75) is 13.5 Å². The monoisotopic (exact) mass is 359 g/mol. The third-order valence-electron chi connectivity index (χ3n) is 4.20. The Bertz CT molecular complexity index is 683. The molecule has 0 saturated carbocycles. The fourth-order valence-electron chi connectivity index (χ4n) is 2.84. The summed E-state index contributed by atoms with van der Waals surface area (Å²) in [5.74, 6) is 2.15. The minimum absolute atomic E-state index is 0.0302. The Kier molecular flexibility index (Phi) is 6.56. The molecule has 2 aromatic rings. The predicted molar refractivity (Wildman–Crippen MR) is 95.7 cm³/mol. The number of nitrogens with zero attached hydrogens (tertiary/aromatic N) is 4. The highest BCUT2D eigenvalue weighted by Crippen LogP contribution is 2.08. The lowest BCUT2D eigenvalue weighted by atomic mass is 10.3. The van der Waals surface area contributed by atoms with Gasteiger partial charge in [0.2, 0.25) is 11.8 Å². The van der Waals surface area contributed by atoms with Crippen molar-refractivity contribution in [3.05, 3.63) is 42.0 Å². The Morgan fingerprint density at radius 2 is 1.92 bits per heavy atom. The van der Waals surface area contributed by atoms with Crippen LogP contribution in [-0.2, 0) is 11.3 Å². The van der Waals surface area contributed by atoms with Gasteiger partial charge in [-0.3, -0.25) is 14.6 Å². The second-order valence-electron chi connectivity index (χ2n) is 6.30. The number of rotatable bonds is 8. The number of para-hydroxylation sites is 1. The molecular weight excluding hydrogens is 334 g/mol. The van der Waals surface area contributed by atoms with Crippen LogP contribution in [-0.4, -0.2) is 71.7 Å². The molecule has 140 valence electrons. The van der Waals surface area contributed by atoms with Crippen molar-refractivity contribution in [3.63, 3.8) is 0 Å². The molecule has 0 radical (unpaired) electrons. The minimum atomic E-state index is 0.0302. The number of benzene rings is 1. The number of aryl methyl sites for hydroxylation is 1. The number of nitrogens with one attached hydrogen (secondary N) is 1. The van der Waals surface area contributed by atoms with Gasteiger partial charge in [-0.1, -0.05) is 23.4 Å². The van der Waals surface area contributed by atoms with Crippen molar-refractivity contribution in [1.82, 2.24) is 25.3 Å². The van der Waals surface area contributed by atoms with Gasteiger partial charge in [0.25, 0.3) is 0 Å². The Labute approximate surface area is 153 Å². The van der Waals surface area contributed by atoms with Gasteiger partial charge in [0.15, 0.2) is 5.82 Å². The zero-order valence-corrected chi connectivity index (χ0v) is 15.1. The second-order valence-corrected chi connectivity index (χ2v) is 6.30. The van der Waals surface area contributed by atoms with Gasteiger partial charge < -0.3 is 14.6 Å². The minimum Gasteiger partial charge on any atom is -0.492 e. The fourth-order valence-corrected chi connectivity index (χ4v) is 2.84. The molecule has 1 aromatic heterocycles. The summed E-state index contributed by atoms with van der Waals surface area (Å²) in [4.78, 5) is 20.7. The van der Waals surface area contributed by atoms with Gasteiger partial charge in [0.05, 0.1) is 19.6 Å². The highest BCUT2D eigenvalue weighted by atomic mass is 16.5. The molecular formula is C18H25N5O3. The Morgan fingerprint density at radius 3 is 2.62 bits per heavy atom. The van der Waals surface area contributed by atoms with Crippen LogP contribution >= 0.6 is 0 Å². The average Bonchev–Trinajstić information content (AvgIpc) is 3.06. The number of hydrogen-bond donors (Lipinski definition) is 1. The van der Waals surface area contributed by atoms with Crippen molar-refractivity contribution in [3.8, 4) is 5.75 Å². The summed E-state index contributed by atoms with van der Waals surface area (Å²) in [6, 6.07) is 9.59. The van der Waals surface area contributed by atoms with E-state index in [1.54, 1.807) is 0 Å². The van der Waals surface area contributed by atoms with E-state index in [2.05, 4.69) is 25.3 Å². The number of aromatic nitrogens is 2.